The lowest BCUT2D eigenvalue weighted by Crippen LogP contribution is -2.46. The van der Waals surface area contributed by atoms with Gasteiger partial charge in [-0.15, -0.1) is 0 Å². The van der Waals surface area contributed by atoms with E-state index < -0.39 is 11.9 Å². The number of aromatic nitrogens is 6. The molecule has 0 spiro atoms. The first-order valence-corrected chi connectivity index (χ1v) is 14.7. The molecule has 4 aromatic heterocycles. The van der Waals surface area contributed by atoms with E-state index in [1.165, 1.54) is 12.4 Å². The normalized spacial score (nSPS) is 16.2. The van der Waals surface area contributed by atoms with Gasteiger partial charge < -0.3 is 20.1 Å². The molecule has 2 atom stereocenters. The molecule has 5 heterocycles. The molecule has 0 unspecified atom stereocenters. The number of unbranched alkanes of at least 4 members (excludes halogenated alkanes) is 1. The molecule has 14 heteroatoms. The Kier molecular flexibility index (Phi) is 10.1. The van der Waals surface area contributed by atoms with Crippen LogP contribution >= 0.6 is 0 Å². The lowest BCUT2D eigenvalue weighted by molar-refractivity contribution is -0.141. The van der Waals surface area contributed by atoms with Gasteiger partial charge in [0, 0.05) is 67.5 Å². The second-order valence-electron chi connectivity index (χ2n) is 11.1. The summed E-state index contributed by atoms with van der Waals surface area (Å²) in [5.74, 6) is -0.0531. The SMILES string of the molecule is C[C@@H](CO)NCc1cc(OC2CCN([C@@H](CCCC#N)Cn3cc(-c4ncnc5[nH]ccc45)cn3)CC2)nc(C(F)(F)F)c1. The van der Waals surface area contributed by atoms with E-state index in [0.29, 0.717) is 44.5 Å². The minimum atomic E-state index is -4.61. The van der Waals surface area contributed by atoms with Crippen LogP contribution in [0.5, 0.6) is 5.88 Å². The van der Waals surface area contributed by atoms with Crippen molar-refractivity contribution >= 4 is 11.0 Å². The zero-order chi connectivity index (χ0) is 31.1. The number of alkyl halides is 3. The molecule has 1 fully saturated rings. The number of pyridine rings is 1. The molecule has 4 aromatic rings. The number of rotatable bonds is 13. The summed E-state index contributed by atoms with van der Waals surface area (Å²) in [6.07, 6.45) is 5.48. The van der Waals surface area contributed by atoms with Gasteiger partial charge in [-0.2, -0.15) is 23.5 Å². The van der Waals surface area contributed by atoms with Gasteiger partial charge in [-0.25, -0.2) is 15.0 Å². The first-order chi connectivity index (χ1) is 21.2. The van der Waals surface area contributed by atoms with E-state index in [4.69, 9.17) is 10.00 Å². The number of hydrogen-bond donors (Lipinski definition) is 3. The van der Waals surface area contributed by atoms with Crippen LogP contribution in [0.15, 0.2) is 43.1 Å². The van der Waals surface area contributed by atoms with E-state index in [-0.39, 0.29) is 37.2 Å². The molecule has 11 nitrogen and oxygen atoms in total. The number of H-pyrrole nitrogens is 1. The van der Waals surface area contributed by atoms with Gasteiger partial charge >= 0.3 is 6.18 Å². The van der Waals surface area contributed by atoms with Crippen molar-refractivity contribution in [2.75, 3.05) is 19.7 Å². The fourth-order valence-corrected chi connectivity index (χ4v) is 5.46. The highest BCUT2D eigenvalue weighted by Gasteiger charge is 2.34. The van der Waals surface area contributed by atoms with Crippen molar-refractivity contribution in [1.82, 2.24) is 39.9 Å². The Labute approximate surface area is 253 Å². The van der Waals surface area contributed by atoms with Crippen molar-refractivity contribution in [3.8, 4) is 23.2 Å². The van der Waals surface area contributed by atoms with Gasteiger partial charge in [-0.1, -0.05) is 0 Å². The summed E-state index contributed by atoms with van der Waals surface area (Å²) in [5.41, 5.74) is 1.82. The third-order valence-electron chi connectivity index (χ3n) is 7.85. The average molecular weight is 612 g/mol. The molecule has 0 aromatic carbocycles. The fourth-order valence-electron chi connectivity index (χ4n) is 5.46. The Morgan fingerprint density at radius 2 is 2.07 bits per heavy atom. The number of fused-ring (bicyclic) bond motifs is 1. The first kappa shape index (κ1) is 31.4. The Hall–Kier alpha value is -4.06. The molecular formula is C30H36F3N9O2. The van der Waals surface area contributed by atoms with E-state index in [2.05, 4.69) is 41.3 Å². The zero-order valence-corrected chi connectivity index (χ0v) is 24.5. The minimum absolute atomic E-state index is 0.0531. The molecule has 0 radical (unpaired) electrons. The van der Waals surface area contributed by atoms with Crippen LogP contribution in [0.25, 0.3) is 22.3 Å². The molecule has 0 amide bonds. The number of aliphatic hydroxyl groups excluding tert-OH is 1. The van der Waals surface area contributed by atoms with Crippen LogP contribution in [0, 0.1) is 11.3 Å². The Balaban J connectivity index is 1.24. The number of hydrogen-bond acceptors (Lipinski definition) is 9. The molecule has 0 bridgehead atoms. The maximum absolute atomic E-state index is 13.6. The van der Waals surface area contributed by atoms with Gasteiger partial charge in [-0.05, 0) is 50.3 Å². The summed E-state index contributed by atoms with van der Waals surface area (Å²) in [6.45, 7) is 3.76. The van der Waals surface area contributed by atoms with E-state index in [0.717, 1.165) is 41.2 Å². The second kappa shape index (κ2) is 14.1. The van der Waals surface area contributed by atoms with Gasteiger partial charge in [0.2, 0.25) is 5.88 Å². The fraction of sp³-hybridized carbons (Fsp3) is 0.500. The molecule has 5 rings (SSSR count). The largest absolute Gasteiger partial charge is 0.474 e. The van der Waals surface area contributed by atoms with Crippen LogP contribution in [0.4, 0.5) is 13.2 Å². The molecule has 1 aliphatic heterocycles. The second-order valence-corrected chi connectivity index (χ2v) is 11.1. The number of aliphatic hydroxyl groups is 1. The maximum atomic E-state index is 13.6. The van der Waals surface area contributed by atoms with Crippen LogP contribution < -0.4 is 10.1 Å². The Bertz CT molecular complexity index is 1560. The number of aromatic amines is 1. The minimum Gasteiger partial charge on any atom is -0.474 e. The van der Waals surface area contributed by atoms with Gasteiger partial charge in [0.25, 0.3) is 0 Å². The lowest BCUT2D eigenvalue weighted by atomic mass is 10.0. The number of halogens is 3. The lowest BCUT2D eigenvalue weighted by Gasteiger charge is -2.37. The van der Waals surface area contributed by atoms with Crippen molar-refractivity contribution in [3.05, 3.63) is 54.4 Å². The average Bonchev–Trinajstić information content (AvgIpc) is 3.69. The Morgan fingerprint density at radius 1 is 1.25 bits per heavy atom. The molecule has 1 saturated heterocycles. The Morgan fingerprint density at radius 3 is 2.82 bits per heavy atom. The zero-order valence-electron chi connectivity index (χ0n) is 24.5. The predicted octanol–water partition coefficient (Wildman–Crippen LogP) is 4.31. The van der Waals surface area contributed by atoms with Crippen molar-refractivity contribution in [2.24, 2.45) is 0 Å². The van der Waals surface area contributed by atoms with E-state index >= 15 is 0 Å². The quantitative estimate of drug-likeness (QED) is 0.189. The van der Waals surface area contributed by atoms with Crippen molar-refractivity contribution in [2.45, 2.75) is 76.5 Å². The monoisotopic (exact) mass is 611 g/mol. The standard InChI is InChI=1S/C30H36F3N9O2/c1-20(18-43)36-14-21-12-26(30(31,32)33)40-27(13-21)44-24-6-10-41(11-7-24)23(4-2-3-8-34)17-42-16-22(15-39-42)28-25-5-9-35-29(25)38-19-37-28/h5,9,12-13,15-16,19-20,23-24,36,43H,2-4,6-7,10-11,14,17-18H2,1H3,(H,35,37,38)/t20-,23-/m0/s1. The maximum Gasteiger partial charge on any atom is 0.433 e. The van der Waals surface area contributed by atoms with Crippen LogP contribution in [-0.2, 0) is 19.3 Å². The predicted molar refractivity (Wildman–Crippen MR) is 156 cm³/mol. The third-order valence-corrected chi connectivity index (χ3v) is 7.85. The molecule has 234 valence electrons. The van der Waals surface area contributed by atoms with Crippen molar-refractivity contribution in [3.63, 3.8) is 0 Å². The van der Waals surface area contributed by atoms with Crippen LogP contribution in [0.1, 0.15) is 50.3 Å². The van der Waals surface area contributed by atoms with E-state index in [1.54, 1.807) is 13.1 Å². The first-order valence-electron chi connectivity index (χ1n) is 14.7. The highest BCUT2D eigenvalue weighted by Crippen LogP contribution is 2.31. The van der Waals surface area contributed by atoms with Crippen LogP contribution in [0.2, 0.25) is 0 Å². The van der Waals surface area contributed by atoms with Gasteiger partial charge in [0.05, 0.1) is 31.1 Å². The molecule has 44 heavy (non-hydrogen) atoms. The van der Waals surface area contributed by atoms with Gasteiger partial charge in [0.1, 0.15) is 23.8 Å². The highest BCUT2D eigenvalue weighted by molar-refractivity contribution is 5.89. The number of piperidine rings is 1. The van der Waals surface area contributed by atoms with Gasteiger partial charge in [-0.3, -0.25) is 9.58 Å². The van der Waals surface area contributed by atoms with E-state index in [1.807, 2.05) is 23.1 Å². The van der Waals surface area contributed by atoms with E-state index in [9.17, 15) is 18.3 Å². The number of nitrogens with one attached hydrogen (secondary N) is 2. The number of nitrogens with zero attached hydrogens (tertiary/aromatic N) is 7. The molecule has 0 aliphatic carbocycles. The summed E-state index contributed by atoms with van der Waals surface area (Å²) in [5, 5.41) is 26.9. The topological polar surface area (TPSA) is 141 Å². The van der Waals surface area contributed by atoms with Gasteiger partial charge in [0.15, 0.2) is 0 Å². The third kappa shape index (κ3) is 7.90. The molecule has 0 saturated carbocycles. The van der Waals surface area contributed by atoms with Crippen LogP contribution in [-0.4, -0.2) is 77.6 Å². The summed E-state index contributed by atoms with van der Waals surface area (Å²) in [7, 11) is 0. The summed E-state index contributed by atoms with van der Waals surface area (Å²) >= 11 is 0. The molecule has 3 N–H and O–H groups in total. The molecule has 1 aliphatic rings. The summed E-state index contributed by atoms with van der Waals surface area (Å²) in [6, 6.07) is 6.54. The summed E-state index contributed by atoms with van der Waals surface area (Å²) in [4.78, 5) is 17.9. The smallest absolute Gasteiger partial charge is 0.433 e. The van der Waals surface area contributed by atoms with Crippen LogP contribution in [0.3, 0.4) is 0 Å². The molecular weight excluding hydrogens is 575 g/mol. The number of ether oxygens (including phenoxy) is 1. The van der Waals surface area contributed by atoms with Crippen molar-refractivity contribution < 1.29 is 23.0 Å². The number of nitriles is 1. The number of likely N-dealkylation sites (tertiary alicyclic amines) is 1. The van der Waals surface area contributed by atoms with Crippen molar-refractivity contribution in [1.29, 1.82) is 5.26 Å². The summed E-state index contributed by atoms with van der Waals surface area (Å²) < 4.78 is 48.6. The highest BCUT2D eigenvalue weighted by atomic mass is 19.4.